The molecule has 0 saturated heterocycles. The van der Waals surface area contributed by atoms with Gasteiger partial charge in [0, 0.05) is 19.8 Å². The summed E-state index contributed by atoms with van der Waals surface area (Å²) < 4.78 is 23.4. The van der Waals surface area contributed by atoms with Crippen LogP contribution in [0.3, 0.4) is 0 Å². The lowest BCUT2D eigenvalue weighted by molar-refractivity contribution is -0.105. The lowest BCUT2D eigenvalue weighted by atomic mass is 10.1. The zero-order chi connectivity index (χ0) is 14.4. The maximum Gasteiger partial charge on any atom is 0.223 e. The quantitative estimate of drug-likeness (QED) is 0.413. The van der Waals surface area contributed by atoms with Crippen LogP contribution in [0.5, 0.6) is 0 Å². The van der Waals surface area contributed by atoms with E-state index in [4.69, 9.17) is 26.7 Å². The average Bonchev–Trinajstić information content (AvgIpc) is 2.33. The first-order valence-electron chi connectivity index (χ1n) is 5.26. The van der Waals surface area contributed by atoms with Crippen LogP contribution in [0.4, 0.5) is 10.1 Å². The van der Waals surface area contributed by atoms with E-state index < -0.39 is 12.1 Å². The molecule has 1 aromatic rings. The highest BCUT2D eigenvalue weighted by atomic mass is 19.1. The lowest BCUT2D eigenvalue weighted by Gasteiger charge is -2.15. The van der Waals surface area contributed by atoms with Crippen LogP contribution in [0, 0.1) is 5.82 Å². The number of methoxy groups -OCH3 is 2. The van der Waals surface area contributed by atoms with E-state index in [1.165, 1.54) is 32.4 Å². The minimum absolute atomic E-state index is 0.154. The fourth-order valence-corrected chi connectivity index (χ4v) is 1.45. The maximum absolute atomic E-state index is 13.3. The van der Waals surface area contributed by atoms with Gasteiger partial charge in [0.05, 0.1) is 5.69 Å². The second kappa shape index (κ2) is 6.66. The molecule has 104 valence electrons. The predicted molar refractivity (Wildman–Crippen MR) is 70.3 cm³/mol. The third kappa shape index (κ3) is 4.19. The third-order valence-electron chi connectivity index (χ3n) is 2.15. The Morgan fingerprint density at radius 3 is 2.37 bits per heavy atom. The number of hydrogen-bond donors (Lipinski definition) is 3. The minimum atomic E-state index is -0.776. The average molecular weight is 269 g/mol. The van der Waals surface area contributed by atoms with E-state index in [1.807, 2.05) is 0 Å². The first-order chi connectivity index (χ1) is 8.97. The smallest absolute Gasteiger partial charge is 0.223 e. The molecule has 0 aromatic heterocycles. The first-order valence-corrected chi connectivity index (χ1v) is 5.26. The van der Waals surface area contributed by atoms with Crippen LogP contribution in [-0.4, -0.2) is 26.1 Å². The van der Waals surface area contributed by atoms with E-state index in [2.05, 4.69) is 9.98 Å². The molecule has 0 aliphatic rings. The molecule has 0 fully saturated rings. The second-order valence-electron chi connectivity index (χ2n) is 3.51. The van der Waals surface area contributed by atoms with Crippen molar-refractivity contribution in [1.82, 2.24) is 0 Å². The summed E-state index contributed by atoms with van der Waals surface area (Å²) >= 11 is 0. The first kappa shape index (κ1) is 14.9. The Kier molecular flexibility index (Phi) is 5.22. The van der Waals surface area contributed by atoms with E-state index >= 15 is 0 Å². The molecule has 7 nitrogen and oxygen atoms in total. The van der Waals surface area contributed by atoms with Gasteiger partial charge in [0.2, 0.25) is 5.96 Å². The number of rotatable bonds is 4. The molecule has 0 radical (unpaired) electrons. The molecule has 0 saturated carbocycles. The molecular weight excluding hydrogens is 253 g/mol. The Balaban J connectivity index is 3.24. The van der Waals surface area contributed by atoms with E-state index in [1.54, 1.807) is 0 Å². The fraction of sp³-hybridized carbons (Fsp3) is 0.273. The van der Waals surface area contributed by atoms with E-state index in [0.717, 1.165) is 0 Å². The van der Waals surface area contributed by atoms with Crippen molar-refractivity contribution in [3.8, 4) is 0 Å². The van der Waals surface area contributed by atoms with Gasteiger partial charge in [0.1, 0.15) is 5.82 Å². The molecule has 19 heavy (non-hydrogen) atoms. The molecule has 0 spiro atoms. The molecule has 1 aromatic carbocycles. The van der Waals surface area contributed by atoms with Crippen molar-refractivity contribution in [2.75, 3.05) is 14.2 Å². The van der Waals surface area contributed by atoms with E-state index in [0.29, 0.717) is 11.3 Å². The SMILES string of the molecule is COC(OC)c1cc(F)ccc1N=C(N)N=C(N)N. The predicted octanol–water partition coefficient (Wildman–Crippen LogP) is 0.337. The summed E-state index contributed by atoms with van der Waals surface area (Å²) in [6, 6.07) is 3.89. The Morgan fingerprint density at radius 1 is 1.21 bits per heavy atom. The molecule has 0 aliphatic carbocycles. The minimum Gasteiger partial charge on any atom is -0.370 e. The van der Waals surface area contributed by atoms with Gasteiger partial charge < -0.3 is 26.7 Å². The molecule has 0 heterocycles. The number of hydrogen-bond acceptors (Lipinski definition) is 3. The van der Waals surface area contributed by atoms with Crippen molar-refractivity contribution < 1.29 is 13.9 Å². The van der Waals surface area contributed by atoms with Crippen LogP contribution in [0.1, 0.15) is 11.9 Å². The van der Waals surface area contributed by atoms with Crippen molar-refractivity contribution >= 4 is 17.6 Å². The molecule has 1 rings (SSSR count). The highest BCUT2D eigenvalue weighted by Crippen LogP contribution is 2.29. The Hall–Kier alpha value is -2.19. The number of benzene rings is 1. The summed E-state index contributed by atoms with van der Waals surface area (Å²) in [6.07, 6.45) is -0.776. The van der Waals surface area contributed by atoms with Gasteiger partial charge >= 0.3 is 0 Å². The van der Waals surface area contributed by atoms with Gasteiger partial charge in [-0.3, -0.25) is 0 Å². The number of guanidine groups is 2. The summed E-state index contributed by atoms with van der Waals surface area (Å²) in [6.45, 7) is 0. The standard InChI is InChI=1S/C11H16FN5O2/c1-18-9(19-2)7-5-6(12)3-4-8(7)16-11(15)17-10(13)14/h3-5,9H,1-2H3,(H6,13,14,15,16,17). The van der Waals surface area contributed by atoms with E-state index in [9.17, 15) is 4.39 Å². The van der Waals surface area contributed by atoms with E-state index in [-0.39, 0.29) is 11.9 Å². The summed E-state index contributed by atoms with van der Waals surface area (Å²) in [4.78, 5) is 7.55. The number of aliphatic imine (C=N–C) groups is 2. The highest BCUT2D eigenvalue weighted by molar-refractivity contribution is 5.93. The third-order valence-corrected chi connectivity index (χ3v) is 2.15. The maximum atomic E-state index is 13.3. The Bertz CT molecular complexity index is 496. The van der Waals surface area contributed by atoms with Crippen LogP contribution in [0.2, 0.25) is 0 Å². The molecular formula is C11H16FN5O2. The highest BCUT2D eigenvalue weighted by Gasteiger charge is 2.15. The number of halogens is 1. The van der Waals surface area contributed by atoms with Gasteiger partial charge in [0.15, 0.2) is 12.2 Å². The summed E-state index contributed by atoms with van der Waals surface area (Å²) in [5.41, 5.74) is 16.6. The molecule has 8 heteroatoms. The van der Waals surface area contributed by atoms with Gasteiger partial charge in [-0.15, -0.1) is 0 Å². The van der Waals surface area contributed by atoms with Gasteiger partial charge in [0.25, 0.3) is 0 Å². The normalized spacial score (nSPS) is 11.7. The molecule has 0 amide bonds. The van der Waals surface area contributed by atoms with Crippen molar-refractivity contribution in [2.45, 2.75) is 6.29 Å². The van der Waals surface area contributed by atoms with Gasteiger partial charge in [-0.05, 0) is 18.2 Å². The van der Waals surface area contributed by atoms with Crippen molar-refractivity contribution in [3.63, 3.8) is 0 Å². The van der Waals surface area contributed by atoms with Gasteiger partial charge in [-0.2, -0.15) is 4.99 Å². The zero-order valence-electron chi connectivity index (χ0n) is 10.6. The second-order valence-corrected chi connectivity index (χ2v) is 3.51. The summed E-state index contributed by atoms with van der Waals surface area (Å²) in [7, 11) is 2.85. The van der Waals surface area contributed by atoms with Crippen molar-refractivity contribution in [3.05, 3.63) is 29.6 Å². The molecule has 0 aliphatic heterocycles. The molecule has 0 atom stereocenters. The van der Waals surface area contributed by atoms with Gasteiger partial charge in [-0.25, -0.2) is 9.38 Å². The van der Waals surface area contributed by atoms with Gasteiger partial charge in [-0.1, -0.05) is 0 Å². The Morgan fingerprint density at radius 2 is 1.84 bits per heavy atom. The zero-order valence-corrected chi connectivity index (χ0v) is 10.6. The van der Waals surface area contributed by atoms with Crippen molar-refractivity contribution in [2.24, 2.45) is 27.2 Å². The van der Waals surface area contributed by atoms with Crippen molar-refractivity contribution in [1.29, 1.82) is 0 Å². The number of nitrogens with zero attached hydrogens (tertiary/aromatic N) is 2. The number of ether oxygens (including phenoxy) is 2. The summed E-state index contributed by atoms with van der Waals surface area (Å²) in [5.74, 6) is -0.827. The topological polar surface area (TPSA) is 121 Å². The van der Waals surface area contributed by atoms with Crippen LogP contribution < -0.4 is 17.2 Å². The molecule has 0 unspecified atom stereocenters. The summed E-state index contributed by atoms with van der Waals surface area (Å²) in [5, 5.41) is 0. The van der Waals surface area contributed by atoms with Crippen LogP contribution in [0.25, 0.3) is 0 Å². The molecule has 0 bridgehead atoms. The largest absolute Gasteiger partial charge is 0.370 e. The fourth-order valence-electron chi connectivity index (χ4n) is 1.45. The number of nitrogens with two attached hydrogens (primary N) is 3. The lowest BCUT2D eigenvalue weighted by Crippen LogP contribution is -2.26. The van der Waals surface area contributed by atoms with Crippen LogP contribution in [-0.2, 0) is 9.47 Å². The molecule has 6 N–H and O–H groups in total. The monoisotopic (exact) mass is 269 g/mol. The van der Waals surface area contributed by atoms with Crippen LogP contribution in [0.15, 0.2) is 28.2 Å². The van der Waals surface area contributed by atoms with Crippen LogP contribution >= 0.6 is 0 Å². The Labute approximate surface area is 109 Å².